The molecule has 0 aromatic heterocycles. The molecule has 11 heavy (non-hydrogen) atoms. The minimum Gasteiger partial charge on any atom is -0.464 e. The minimum atomic E-state index is -0.511. The molecule has 0 aromatic carbocycles. The Bertz CT molecular complexity index is 114. The van der Waals surface area contributed by atoms with Crippen LogP contribution in [0.3, 0.4) is 0 Å². The Morgan fingerprint density at radius 2 is 2.00 bits per heavy atom. The third kappa shape index (κ3) is 5.35. The van der Waals surface area contributed by atoms with Gasteiger partial charge in [-0.15, -0.1) is 0 Å². The standard InChI is InChI=1S/C6H10O5/c1-9-2-6(11-5-8)3-10-4-7/h4-6H,2-3H2,1H3. The Hall–Kier alpha value is -1.10. The third-order valence-corrected chi connectivity index (χ3v) is 0.951. The van der Waals surface area contributed by atoms with Crippen molar-refractivity contribution >= 4 is 12.9 Å². The molecular formula is C6H10O5. The molecule has 1 unspecified atom stereocenters. The first-order valence-corrected chi connectivity index (χ1v) is 2.98. The molecule has 0 bridgehead atoms. The van der Waals surface area contributed by atoms with Crippen LogP contribution in [0.4, 0.5) is 0 Å². The van der Waals surface area contributed by atoms with Crippen LogP contribution in [0.25, 0.3) is 0 Å². The summed E-state index contributed by atoms with van der Waals surface area (Å²) in [5.74, 6) is 0. The average molecular weight is 162 g/mol. The largest absolute Gasteiger partial charge is 0.464 e. The van der Waals surface area contributed by atoms with Gasteiger partial charge >= 0.3 is 0 Å². The molecule has 5 nitrogen and oxygen atoms in total. The molecule has 0 saturated heterocycles. The highest BCUT2D eigenvalue weighted by Gasteiger charge is 2.08. The number of methoxy groups -OCH3 is 1. The maximum Gasteiger partial charge on any atom is 0.293 e. The van der Waals surface area contributed by atoms with Gasteiger partial charge in [-0.25, -0.2) is 0 Å². The summed E-state index contributed by atoms with van der Waals surface area (Å²) in [6.45, 7) is 0.817. The Labute approximate surface area is 64.2 Å². The first-order valence-electron chi connectivity index (χ1n) is 2.98. The monoisotopic (exact) mass is 162 g/mol. The fraction of sp³-hybridized carbons (Fsp3) is 0.667. The molecule has 5 heteroatoms. The van der Waals surface area contributed by atoms with Crippen LogP contribution in [0.2, 0.25) is 0 Å². The highest BCUT2D eigenvalue weighted by Crippen LogP contribution is 1.90. The van der Waals surface area contributed by atoms with Crippen LogP contribution in [0.1, 0.15) is 0 Å². The molecule has 0 aromatic rings. The molecule has 0 heterocycles. The van der Waals surface area contributed by atoms with Gasteiger partial charge < -0.3 is 14.2 Å². The van der Waals surface area contributed by atoms with E-state index in [-0.39, 0.29) is 26.2 Å². The van der Waals surface area contributed by atoms with E-state index in [0.717, 1.165) is 0 Å². The van der Waals surface area contributed by atoms with Crippen molar-refractivity contribution < 1.29 is 23.8 Å². The molecular weight excluding hydrogens is 152 g/mol. The first kappa shape index (κ1) is 9.90. The lowest BCUT2D eigenvalue weighted by Crippen LogP contribution is -2.24. The van der Waals surface area contributed by atoms with E-state index in [0.29, 0.717) is 0 Å². The molecule has 0 amide bonds. The topological polar surface area (TPSA) is 61.8 Å². The van der Waals surface area contributed by atoms with E-state index in [2.05, 4.69) is 14.2 Å². The quantitative estimate of drug-likeness (QED) is 0.465. The average Bonchev–Trinajstić information content (AvgIpc) is 2.01. The summed E-state index contributed by atoms with van der Waals surface area (Å²) in [5, 5.41) is 0. The van der Waals surface area contributed by atoms with Crippen LogP contribution in [0, 0.1) is 0 Å². The number of hydrogen-bond donors (Lipinski definition) is 0. The highest BCUT2D eigenvalue weighted by atomic mass is 16.6. The summed E-state index contributed by atoms with van der Waals surface area (Å²) >= 11 is 0. The van der Waals surface area contributed by atoms with Gasteiger partial charge in [-0.2, -0.15) is 0 Å². The second-order valence-corrected chi connectivity index (χ2v) is 1.74. The molecule has 0 spiro atoms. The predicted molar refractivity (Wildman–Crippen MR) is 34.8 cm³/mol. The molecule has 64 valence electrons. The van der Waals surface area contributed by atoms with Gasteiger partial charge in [-0.1, -0.05) is 0 Å². The van der Waals surface area contributed by atoms with Crippen molar-refractivity contribution in [3.8, 4) is 0 Å². The zero-order valence-electron chi connectivity index (χ0n) is 6.19. The predicted octanol–water partition coefficient (Wildman–Crippen LogP) is -0.653. The minimum absolute atomic E-state index is 0.0239. The van der Waals surface area contributed by atoms with E-state index < -0.39 is 6.10 Å². The zero-order valence-corrected chi connectivity index (χ0v) is 6.19. The lowest BCUT2D eigenvalue weighted by molar-refractivity contribution is -0.145. The summed E-state index contributed by atoms with van der Waals surface area (Å²) in [7, 11) is 1.46. The molecule has 0 aliphatic carbocycles. The van der Waals surface area contributed by atoms with Crippen molar-refractivity contribution in [1.29, 1.82) is 0 Å². The Morgan fingerprint density at radius 1 is 1.27 bits per heavy atom. The van der Waals surface area contributed by atoms with Crippen molar-refractivity contribution in [2.45, 2.75) is 6.10 Å². The summed E-state index contributed by atoms with van der Waals surface area (Å²) in [4.78, 5) is 19.5. The van der Waals surface area contributed by atoms with Crippen molar-refractivity contribution in [1.82, 2.24) is 0 Å². The van der Waals surface area contributed by atoms with Gasteiger partial charge in [0.1, 0.15) is 6.61 Å². The fourth-order valence-corrected chi connectivity index (χ4v) is 0.538. The summed E-state index contributed by atoms with van der Waals surface area (Å²) in [6, 6.07) is 0. The number of ether oxygens (including phenoxy) is 3. The maximum atomic E-state index is 9.83. The van der Waals surface area contributed by atoms with Crippen molar-refractivity contribution in [3.63, 3.8) is 0 Å². The van der Waals surface area contributed by atoms with E-state index in [1.54, 1.807) is 0 Å². The normalized spacial score (nSPS) is 11.7. The van der Waals surface area contributed by atoms with Gasteiger partial charge in [0.15, 0.2) is 6.10 Å². The van der Waals surface area contributed by atoms with Crippen LogP contribution < -0.4 is 0 Å². The van der Waals surface area contributed by atoms with Gasteiger partial charge in [0.2, 0.25) is 0 Å². The number of carbonyl (C=O) groups is 2. The van der Waals surface area contributed by atoms with E-state index >= 15 is 0 Å². The summed E-state index contributed by atoms with van der Waals surface area (Å²) in [6.07, 6.45) is -0.511. The van der Waals surface area contributed by atoms with E-state index in [4.69, 9.17) is 0 Å². The Morgan fingerprint density at radius 3 is 2.45 bits per heavy atom. The second kappa shape index (κ2) is 7.01. The SMILES string of the molecule is COCC(COC=O)OC=O. The van der Waals surface area contributed by atoms with Crippen LogP contribution in [0.5, 0.6) is 0 Å². The lowest BCUT2D eigenvalue weighted by Gasteiger charge is -2.11. The molecule has 0 aliphatic rings. The number of carbonyl (C=O) groups excluding carboxylic acids is 2. The van der Waals surface area contributed by atoms with Gasteiger partial charge in [-0.05, 0) is 0 Å². The van der Waals surface area contributed by atoms with Crippen molar-refractivity contribution in [2.75, 3.05) is 20.3 Å². The van der Waals surface area contributed by atoms with Crippen LogP contribution in [0.15, 0.2) is 0 Å². The van der Waals surface area contributed by atoms with E-state index in [1.165, 1.54) is 7.11 Å². The maximum absolute atomic E-state index is 9.83. The highest BCUT2D eigenvalue weighted by molar-refractivity contribution is 5.38. The smallest absolute Gasteiger partial charge is 0.293 e. The molecule has 0 radical (unpaired) electrons. The van der Waals surface area contributed by atoms with Gasteiger partial charge in [-0.3, -0.25) is 9.59 Å². The Balaban J connectivity index is 3.49. The molecule has 0 N–H and O–H groups in total. The van der Waals surface area contributed by atoms with Crippen LogP contribution in [-0.2, 0) is 23.8 Å². The molecule has 0 fully saturated rings. The Kier molecular flexibility index (Phi) is 6.31. The lowest BCUT2D eigenvalue weighted by atomic mass is 10.4. The van der Waals surface area contributed by atoms with E-state index in [1.807, 2.05) is 0 Å². The fourth-order valence-electron chi connectivity index (χ4n) is 0.538. The molecule has 0 aliphatic heterocycles. The molecule has 1 atom stereocenters. The van der Waals surface area contributed by atoms with Crippen molar-refractivity contribution in [2.24, 2.45) is 0 Å². The summed E-state index contributed by atoms with van der Waals surface area (Å²) < 4.78 is 13.5. The van der Waals surface area contributed by atoms with Crippen molar-refractivity contribution in [3.05, 3.63) is 0 Å². The van der Waals surface area contributed by atoms with Gasteiger partial charge in [0.05, 0.1) is 6.61 Å². The molecule has 0 rings (SSSR count). The number of hydrogen-bond acceptors (Lipinski definition) is 5. The van der Waals surface area contributed by atoms with E-state index in [9.17, 15) is 9.59 Å². The summed E-state index contributed by atoms with van der Waals surface area (Å²) in [5.41, 5.74) is 0. The third-order valence-electron chi connectivity index (χ3n) is 0.951. The van der Waals surface area contributed by atoms with Gasteiger partial charge in [0, 0.05) is 7.11 Å². The molecule has 0 saturated carbocycles. The van der Waals surface area contributed by atoms with Crippen LogP contribution >= 0.6 is 0 Å². The van der Waals surface area contributed by atoms with Crippen LogP contribution in [-0.4, -0.2) is 39.4 Å². The second-order valence-electron chi connectivity index (χ2n) is 1.74. The zero-order chi connectivity index (χ0) is 8.53. The number of rotatable bonds is 7. The van der Waals surface area contributed by atoms with Gasteiger partial charge in [0.25, 0.3) is 12.9 Å². The first-order chi connectivity index (χ1) is 5.35.